The van der Waals surface area contributed by atoms with Gasteiger partial charge in [-0.25, -0.2) is 0 Å². The van der Waals surface area contributed by atoms with Gasteiger partial charge in [0.1, 0.15) is 0 Å². The predicted octanol–water partition coefficient (Wildman–Crippen LogP) is -0.727. The smallest absolute Gasteiger partial charge is 0.197 e. The van der Waals surface area contributed by atoms with E-state index in [1.807, 2.05) is 0 Å². The van der Waals surface area contributed by atoms with Gasteiger partial charge in [0.25, 0.3) is 0 Å². The van der Waals surface area contributed by atoms with Crippen molar-refractivity contribution in [1.29, 1.82) is 0 Å². The standard InChI is InChI=1S/CHO2.OS.Y/c2-1-3;1-2;/h(H,2,3);;/q-1;;. The Hall–Kier alpha value is 0.594. The van der Waals surface area contributed by atoms with E-state index in [0.29, 0.717) is 6.47 Å². The van der Waals surface area contributed by atoms with Crippen LogP contribution < -0.4 is 0 Å². The van der Waals surface area contributed by atoms with Gasteiger partial charge in [-0.3, -0.25) is 0 Å². The molecule has 0 heterocycles. The van der Waals surface area contributed by atoms with Crippen molar-refractivity contribution >= 4 is 19.0 Å². The maximum absolute atomic E-state index is 8.24. The van der Waals surface area contributed by atoms with Crippen molar-refractivity contribution in [3.8, 4) is 0 Å². The van der Waals surface area contributed by atoms with Gasteiger partial charge >= 0.3 is 0 Å². The summed E-state index contributed by atoms with van der Waals surface area (Å²) in [5.41, 5.74) is 0. The van der Waals surface area contributed by atoms with Crippen molar-refractivity contribution in [2.24, 2.45) is 0 Å². The van der Waals surface area contributed by atoms with Crippen LogP contribution in [-0.2, 0) is 50.0 Å². The van der Waals surface area contributed by atoms with Crippen LogP contribution in [-0.4, -0.2) is 15.8 Å². The molecule has 0 aromatic rings. The van der Waals surface area contributed by atoms with Crippen LogP contribution in [0.25, 0.3) is 0 Å². The van der Waals surface area contributed by atoms with Crippen LogP contribution in [0.1, 0.15) is 0 Å². The van der Waals surface area contributed by atoms with Gasteiger partial charge in [-0.2, -0.15) is 4.21 Å². The molecule has 0 aromatic heterocycles. The first-order valence-corrected chi connectivity index (χ1v) is 0.928. The Morgan fingerprint density at radius 2 is 1.50 bits per heavy atom. The van der Waals surface area contributed by atoms with E-state index in [0.717, 1.165) is 0 Å². The fraction of sp³-hybridized carbons (Fsp3) is 0. The number of hydrogen-bond acceptors (Lipinski definition) is 3. The van der Waals surface area contributed by atoms with Gasteiger partial charge in [0.15, 0.2) is 12.5 Å². The van der Waals surface area contributed by atoms with Gasteiger partial charge in [-0.05, 0) is 0 Å². The van der Waals surface area contributed by atoms with Crippen molar-refractivity contribution in [1.82, 2.24) is 0 Å². The third-order valence-corrected chi connectivity index (χ3v) is 0. The van der Waals surface area contributed by atoms with Crippen LogP contribution in [0.5, 0.6) is 0 Å². The molecule has 1 radical (unpaired) electrons. The first-order valence-electron chi connectivity index (χ1n) is 0.594. The Bertz CT molecular complexity index is 24.8. The fourth-order valence-electron chi connectivity index (χ4n) is 0. The molecule has 0 aromatic carbocycles. The molecule has 0 bridgehead atoms. The maximum Gasteiger partial charge on any atom is 0.197 e. The molecule has 0 aliphatic carbocycles. The van der Waals surface area contributed by atoms with Crippen molar-refractivity contribution in [2.75, 3.05) is 0 Å². The molecule has 6 heavy (non-hydrogen) atoms. The van der Waals surface area contributed by atoms with Crippen LogP contribution >= 0.6 is 0 Å². The normalized spacial score (nSPS) is 2.67. The van der Waals surface area contributed by atoms with E-state index in [-0.39, 0.29) is 32.7 Å². The van der Waals surface area contributed by atoms with E-state index >= 15 is 0 Å². The SMILES string of the molecule is O=S.O=[C-]O.[Y]. The van der Waals surface area contributed by atoms with E-state index in [9.17, 15) is 0 Å². The van der Waals surface area contributed by atoms with E-state index in [4.69, 9.17) is 14.1 Å². The van der Waals surface area contributed by atoms with Gasteiger partial charge in [0.2, 0.25) is 0 Å². The average Bonchev–Trinajstić information content (AvgIpc) is 1.46. The fourth-order valence-corrected chi connectivity index (χ4v) is 0. The maximum atomic E-state index is 8.24. The largest absolute Gasteiger partial charge is 0.665 e. The summed E-state index contributed by atoms with van der Waals surface area (Å²) in [5, 5.41) is 6.76. The Labute approximate surface area is 65.5 Å². The second kappa shape index (κ2) is 46.5. The molecule has 0 fully saturated rings. The molecular weight excluding hydrogens is 181 g/mol. The Morgan fingerprint density at radius 3 is 1.50 bits per heavy atom. The van der Waals surface area contributed by atoms with Crippen molar-refractivity contribution < 1.29 is 46.8 Å². The molecule has 33 valence electrons. The minimum atomic E-state index is 0. The van der Waals surface area contributed by atoms with Gasteiger partial charge in [-0.1, -0.05) is 6.47 Å². The van der Waals surface area contributed by atoms with E-state index in [1.54, 1.807) is 0 Å². The Kier molecular flexibility index (Phi) is 124. The van der Waals surface area contributed by atoms with E-state index < -0.39 is 0 Å². The Balaban J connectivity index is -0.0000000275. The first-order chi connectivity index (χ1) is 2.41. The first kappa shape index (κ1) is 16.0. The molecule has 0 saturated carbocycles. The second-order valence-electron chi connectivity index (χ2n) is 0.0913. The predicted molar refractivity (Wildman–Crippen MR) is 16.5 cm³/mol. The monoisotopic (exact) mass is 182 g/mol. The summed E-state index contributed by atoms with van der Waals surface area (Å²) in [7, 11) is 0. The minimum Gasteiger partial charge on any atom is -0.665 e. The van der Waals surface area contributed by atoms with Crippen molar-refractivity contribution in [3.63, 3.8) is 0 Å². The molecule has 0 aliphatic heterocycles. The van der Waals surface area contributed by atoms with Crippen molar-refractivity contribution in [2.45, 2.75) is 0 Å². The zero-order chi connectivity index (χ0) is 4.71. The summed E-state index contributed by atoms with van der Waals surface area (Å²) >= 11 is 2.83. The summed E-state index contributed by atoms with van der Waals surface area (Å²) in [4.78, 5) is 8.24. The van der Waals surface area contributed by atoms with Gasteiger partial charge in [0.05, 0.1) is 0 Å². The summed E-state index contributed by atoms with van der Waals surface area (Å²) in [6.07, 6.45) is 0. The molecule has 0 amide bonds. The second-order valence-corrected chi connectivity index (χ2v) is 0.0913. The van der Waals surface area contributed by atoms with Crippen LogP contribution in [0.2, 0.25) is 0 Å². The van der Waals surface area contributed by atoms with Crippen LogP contribution in [0.15, 0.2) is 0 Å². The molecule has 0 atom stereocenters. The molecule has 0 spiro atoms. The zero-order valence-corrected chi connectivity index (χ0v) is 6.40. The van der Waals surface area contributed by atoms with Gasteiger partial charge < -0.3 is 9.90 Å². The third-order valence-electron chi connectivity index (χ3n) is 0. The van der Waals surface area contributed by atoms with Crippen LogP contribution in [0, 0.1) is 0 Å². The minimum absolute atomic E-state index is 0. The molecular formula is CHO3SY-. The summed E-state index contributed by atoms with van der Waals surface area (Å²) < 4.78 is 7.83. The van der Waals surface area contributed by atoms with E-state index in [2.05, 4.69) is 12.5 Å². The number of rotatable bonds is 0. The quantitative estimate of drug-likeness (QED) is 0.502. The average molecular weight is 182 g/mol. The van der Waals surface area contributed by atoms with E-state index in [1.165, 1.54) is 0 Å². The zero-order valence-electron chi connectivity index (χ0n) is 2.75. The summed E-state index contributed by atoms with van der Waals surface area (Å²) in [5.74, 6) is 0. The number of hydrogen-bond donors (Lipinski definition) is 1. The molecule has 1 N–H and O–H groups in total. The van der Waals surface area contributed by atoms with Gasteiger partial charge in [0, 0.05) is 32.7 Å². The third kappa shape index (κ3) is 168. The topological polar surface area (TPSA) is 54.4 Å². The van der Waals surface area contributed by atoms with Crippen LogP contribution in [0.3, 0.4) is 0 Å². The molecule has 0 rings (SSSR count). The van der Waals surface area contributed by atoms with Crippen molar-refractivity contribution in [3.05, 3.63) is 0 Å². The summed E-state index contributed by atoms with van der Waals surface area (Å²) in [6.45, 7) is 0.500. The molecule has 0 aliphatic rings. The molecule has 0 saturated heterocycles. The van der Waals surface area contributed by atoms with Crippen LogP contribution in [0.4, 0.5) is 0 Å². The number of aliphatic hydroxyl groups excluding tert-OH is 1. The molecule has 0 unspecified atom stereocenters. The molecule has 5 heteroatoms. The molecule has 3 nitrogen and oxygen atoms in total. The summed E-state index contributed by atoms with van der Waals surface area (Å²) in [6, 6.07) is 0. The Morgan fingerprint density at radius 1 is 1.50 bits per heavy atom. The van der Waals surface area contributed by atoms with Gasteiger partial charge in [-0.15, -0.1) is 0 Å².